The summed E-state index contributed by atoms with van der Waals surface area (Å²) in [5.74, 6) is -0.275. The van der Waals surface area contributed by atoms with Crippen LogP contribution in [0.1, 0.15) is 11.3 Å². The van der Waals surface area contributed by atoms with Crippen molar-refractivity contribution in [3.05, 3.63) is 11.3 Å². The largest absolute Gasteiger partial charge is 0.481 e. The van der Waals surface area contributed by atoms with Gasteiger partial charge < -0.3 is 14.4 Å². The van der Waals surface area contributed by atoms with Crippen molar-refractivity contribution in [2.24, 2.45) is 0 Å². The summed E-state index contributed by atoms with van der Waals surface area (Å²) in [7, 11) is 1.45. The number of carboxylic acids is 1. The highest BCUT2D eigenvalue weighted by Gasteiger charge is 2.14. The van der Waals surface area contributed by atoms with Crippen LogP contribution < -0.4 is 4.74 Å². The lowest BCUT2D eigenvalue weighted by molar-refractivity contribution is -0.136. The highest BCUT2D eigenvalue weighted by molar-refractivity contribution is 5.69. The van der Waals surface area contributed by atoms with E-state index in [1.165, 1.54) is 7.11 Å². The Morgan fingerprint density at radius 1 is 1.75 bits per heavy atom. The van der Waals surface area contributed by atoms with E-state index in [-0.39, 0.29) is 6.42 Å². The molecule has 0 aliphatic heterocycles. The van der Waals surface area contributed by atoms with Crippen LogP contribution in [-0.2, 0) is 11.2 Å². The molecule has 1 aromatic rings. The fourth-order valence-corrected chi connectivity index (χ4v) is 0.845. The second-order valence-electron chi connectivity index (χ2n) is 2.31. The van der Waals surface area contributed by atoms with Crippen molar-refractivity contribution in [3.8, 4) is 5.88 Å². The van der Waals surface area contributed by atoms with Gasteiger partial charge in [0.25, 0.3) is 5.88 Å². The number of nitrogens with zero attached hydrogens (tertiary/aromatic N) is 1. The average molecular weight is 171 g/mol. The molecule has 0 bridgehead atoms. The molecule has 5 heteroatoms. The number of aromatic nitrogens is 1. The normalized spacial score (nSPS) is 9.83. The van der Waals surface area contributed by atoms with Gasteiger partial charge in [-0.3, -0.25) is 4.79 Å². The van der Waals surface area contributed by atoms with Gasteiger partial charge in [-0.1, -0.05) is 0 Å². The minimum atomic E-state index is -0.947. The maximum atomic E-state index is 10.3. The Hall–Kier alpha value is -1.52. The molecule has 0 aliphatic rings. The van der Waals surface area contributed by atoms with Crippen molar-refractivity contribution >= 4 is 5.97 Å². The third-order valence-electron chi connectivity index (χ3n) is 1.48. The summed E-state index contributed by atoms with van der Waals surface area (Å²) in [5.41, 5.74) is 0.639. The van der Waals surface area contributed by atoms with Crippen LogP contribution >= 0.6 is 0 Å². The molecule has 1 N–H and O–H groups in total. The smallest absolute Gasteiger partial charge is 0.311 e. The Labute approximate surface area is 68.9 Å². The fourth-order valence-electron chi connectivity index (χ4n) is 0.845. The van der Waals surface area contributed by atoms with Crippen molar-refractivity contribution in [1.29, 1.82) is 0 Å². The molecule has 0 saturated heterocycles. The molecule has 1 rings (SSSR count). The number of hydrogen-bond donors (Lipinski definition) is 1. The molecule has 5 nitrogen and oxygen atoms in total. The zero-order valence-corrected chi connectivity index (χ0v) is 6.83. The monoisotopic (exact) mass is 171 g/mol. The molecular formula is C7H9NO4. The van der Waals surface area contributed by atoms with Crippen LogP contribution in [0.15, 0.2) is 4.52 Å². The van der Waals surface area contributed by atoms with Gasteiger partial charge in [0.15, 0.2) is 5.76 Å². The lowest BCUT2D eigenvalue weighted by Crippen LogP contribution is -2.00. The summed E-state index contributed by atoms with van der Waals surface area (Å²) in [6, 6.07) is 0. The van der Waals surface area contributed by atoms with Crippen LogP contribution in [0, 0.1) is 6.92 Å². The molecule has 0 saturated carbocycles. The Bertz CT molecular complexity index is 292. The van der Waals surface area contributed by atoms with Crippen molar-refractivity contribution in [2.45, 2.75) is 13.3 Å². The summed E-state index contributed by atoms with van der Waals surface area (Å²) >= 11 is 0. The number of ether oxygens (including phenoxy) is 1. The Kier molecular flexibility index (Phi) is 2.32. The molecule has 12 heavy (non-hydrogen) atoms. The third kappa shape index (κ3) is 1.55. The zero-order valence-electron chi connectivity index (χ0n) is 6.83. The minimum absolute atomic E-state index is 0.164. The van der Waals surface area contributed by atoms with Crippen LogP contribution in [0.25, 0.3) is 0 Å². The summed E-state index contributed by atoms with van der Waals surface area (Å²) < 4.78 is 9.55. The summed E-state index contributed by atoms with van der Waals surface area (Å²) in [4.78, 5) is 10.3. The van der Waals surface area contributed by atoms with Crippen LogP contribution in [0.5, 0.6) is 5.88 Å². The first-order chi connectivity index (χ1) is 5.65. The van der Waals surface area contributed by atoms with E-state index in [2.05, 4.69) is 5.16 Å². The molecule has 1 heterocycles. The van der Waals surface area contributed by atoms with Gasteiger partial charge in [0.05, 0.1) is 12.7 Å². The predicted molar refractivity (Wildman–Crippen MR) is 39.1 cm³/mol. The van der Waals surface area contributed by atoms with E-state index in [0.717, 1.165) is 0 Å². The maximum Gasteiger partial charge on any atom is 0.311 e. The number of aliphatic carboxylic acids is 1. The van der Waals surface area contributed by atoms with Gasteiger partial charge in [-0.2, -0.15) is 0 Å². The van der Waals surface area contributed by atoms with Crippen molar-refractivity contribution in [3.63, 3.8) is 0 Å². The minimum Gasteiger partial charge on any atom is -0.481 e. The van der Waals surface area contributed by atoms with Crippen LogP contribution in [0.4, 0.5) is 0 Å². The highest BCUT2D eigenvalue weighted by Crippen LogP contribution is 2.19. The molecule has 0 radical (unpaired) electrons. The Morgan fingerprint density at radius 2 is 2.42 bits per heavy atom. The number of carbonyl (C=O) groups is 1. The molecule has 66 valence electrons. The molecule has 0 aromatic carbocycles. The van der Waals surface area contributed by atoms with Crippen molar-refractivity contribution in [2.75, 3.05) is 7.11 Å². The average Bonchev–Trinajstić information content (AvgIpc) is 2.32. The third-order valence-corrected chi connectivity index (χ3v) is 1.48. The Morgan fingerprint density at radius 3 is 2.83 bits per heavy atom. The number of rotatable bonds is 3. The van der Waals surface area contributed by atoms with Gasteiger partial charge in [-0.15, -0.1) is 0 Å². The van der Waals surface area contributed by atoms with Gasteiger partial charge in [0.2, 0.25) is 0 Å². The van der Waals surface area contributed by atoms with Gasteiger partial charge >= 0.3 is 5.97 Å². The first-order valence-corrected chi connectivity index (χ1v) is 3.36. The summed E-state index contributed by atoms with van der Waals surface area (Å²) in [5, 5.41) is 12.0. The Balaban J connectivity index is 2.87. The van der Waals surface area contributed by atoms with Crippen molar-refractivity contribution < 1.29 is 19.2 Å². The summed E-state index contributed by atoms with van der Waals surface area (Å²) in [6.45, 7) is 1.70. The van der Waals surface area contributed by atoms with E-state index in [1.807, 2.05) is 0 Å². The van der Waals surface area contributed by atoms with Gasteiger partial charge in [0.1, 0.15) is 6.42 Å². The SMILES string of the molecule is COc1noc(CC(=O)O)c1C. The molecule has 0 spiro atoms. The van der Waals surface area contributed by atoms with Crippen LogP contribution in [0.3, 0.4) is 0 Å². The number of methoxy groups -OCH3 is 1. The molecule has 0 unspecified atom stereocenters. The number of carboxylic acid groups (broad SMARTS) is 1. The standard InChI is InChI=1S/C7H9NO4/c1-4-5(3-6(9)10)12-8-7(4)11-2/h3H2,1-2H3,(H,9,10). The molecule has 1 aromatic heterocycles. The predicted octanol–water partition coefficient (Wildman–Crippen LogP) is 0.619. The van der Waals surface area contributed by atoms with Crippen molar-refractivity contribution in [1.82, 2.24) is 5.16 Å². The molecule has 0 amide bonds. The first kappa shape index (κ1) is 8.58. The van der Waals surface area contributed by atoms with Crippen LogP contribution in [-0.4, -0.2) is 23.3 Å². The van der Waals surface area contributed by atoms with E-state index in [0.29, 0.717) is 17.2 Å². The van der Waals surface area contributed by atoms with E-state index in [4.69, 9.17) is 14.4 Å². The molecular weight excluding hydrogens is 162 g/mol. The summed E-state index contributed by atoms with van der Waals surface area (Å²) in [6.07, 6.45) is -0.164. The lowest BCUT2D eigenvalue weighted by atomic mass is 10.2. The van der Waals surface area contributed by atoms with Crippen LogP contribution in [0.2, 0.25) is 0 Å². The number of hydrogen-bond acceptors (Lipinski definition) is 4. The fraction of sp³-hybridized carbons (Fsp3) is 0.429. The topological polar surface area (TPSA) is 72.6 Å². The van der Waals surface area contributed by atoms with Gasteiger partial charge in [-0.25, -0.2) is 0 Å². The highest BCUT2D eigenvalue weighted by atomic mass is 16.5. The van der Waals surface area contributed by atoms with E-state index in [9.17, 15) is 4.79 Å². The van der Waals surface area contributed by atoms with E-state index < -0.39 is 5.97 Å². The quantitative estimate of drug-likeness (QED) is 0.721. The zero-order chi connectivity index (χ0) is 9.14. The molecule has 0 fully saturated rings. The van der Waals surface area contributed by atoms with E-state index >= 15 is 0 Å². The molecule has 0 atom stereocenters. The first-order valence-electron chi connectivity index (χ1n) is 3.36. The van der Waals surface area contributed by atoms with Gasteiger partial charge in [0, 0.05) is 0 Å². The maximum absolute atomic E-state index is 10.3. The second kappa shape index (κ2) is 3.25. The van der Waals surface area contributed by atoms with Gasteiger partial charge in [-0.05, 0) is 12.1 Å². The molecule has 0 aliphatic carbocycles. The van der Waals surface area contributed by atoms with E-state index in [1.54, 1.807) is 6.92 Å². The second-order valence-corrected chi connectivity index (χ2v) is 2.31. The lowest BCUT2D eigenvalue weighted by Gasteiger charge is -1.92.